The van der Waals surface area contributed by atoms with Crippen molar-refractivity contribution in [3.8, 4) is 11.3 Å². The van der Waals surface area contributed by atoms with E-state index < -0.39 is 4.92 Å². The van der Waals surface area contributed by atoms with Gasteiger partial charge in [0, 0.05) is 55.8 Å². The average molecular weight is 425 g/mol. The van der Waals surface area contributed by atoms with Crippen LogP contribution in [0.15, 0.2) is 54.9 Å². The van der Waals surface area contributed by atoms with Crippen LogP contribution < -0.4 is 4.90 Å². The number of amides is 1. The number of piperazine rings is 1. The van der Waals surface area contributed by atoms with Crippen LogP contribution in [0.25, 0.3) is 11.3 Å². The van der Waals surface area contributed by atoms with Crippen LogP contribution in [-0.4, -0.2) is 57.1 Å². The lowest BCUT2D eigenvalue weighted by molar-refractivity contribution is -0.384. The number of hydrogen-bond acceptors (Lipinski definition) is 7. The van der Waals surface area contributed by atoms with Crippen molar-refractivity contribution in [1.82, 2.24) is 20.1 Å². The third-order valence-electron chi connectivity index (χ3n) is 4.89. The van der Waals surface area contributed by atoms with Gasteiger partial charge >= 0.3 is 0 Å². The lowest BCUT2D eigenvalue weighted by atomic mass is 10.1. The Balaban J connectivity index is 1.41. The first kappa shape index (κ1) is 19.7. The SMILES string of the molecule is O=C(c1ccc(Cl)c([N+](=O)[O-])c1)N1CCN(c2ccc(-c3cccnc3)nn2)CC1. The van der Waals surface area contributed by atoms with Gasteiger partial charge in [0.05, 0.1) is 10.6 Å². The van der Waals surface area contributed by atoms with Gasteiger partial charge in [-0.3, -0.25) is 19.9 Å². The first-order valence-corrected chi connectivity index (χ1v) is 9.63. The zero-order chi connectivity index (χ0) is 21.1. The molecule has 1 amide bonds. The summed E-state index contributed by atoms with van der Waals surface area (Å²) in [4.78, 5) is 31.0. The minimum atomic E-state index is -0.592. The highest BCUT2D eigenvalue weighted by Gasteiger charge is 2.25. The lowest BCUT2D eigenvalue weighted by Gasteiger charge is -2.35. The Labute approximate surface area is 177 Å². The van der Waals surface area contributed by atoms with Crippen molar-refractivity contribution in [2.24, 2.45) is 0 Å². The summed E-state index contributed by atoms with van der Waals surface area (Å²) in [7, 11) is 0. The molecule has 30 heavy (non-hydrogen) atoms. The molecule has 0 spiro atoms. The summed E-state index contributed by atoms with van der Waals surface area (Å²) in [5.41, 5.74) is 1.61. The molecule has 0 unspecified atom stereocenters. The standard InChI is InChI=1S/C20H17ClN6O3/c21-16-4-3-14(12-18(16)27(29)30)20(28)26-10-8-25(9-11-26)19-6-5-17(23-24-19)15-2-1-7-22-13-15/h1-7,12-13H,8-11H2. The second-order valence-electron chi connectivity index (χ2n) is 6.72. The van der Waals surface area contributed by atoms with Crippen LogP contribution in [0, 0.1) is 10.1 Å². The van der Waals surface area contributed by atoms with Crippen molar-refractivity contribution in [3.63, 3.8) is 0 Å². The third kappa shape index (κ3) is 4.06. The monoisotopic (exact) mass is 424 g/mol. The molecule has 9 nitrogen and oxygen atoms in total. The van der Waals surface area contributed by atoms with Crippen LogP contribution in [0.4, 0.5) is 11.5 Å². The van der Waals surface area contributed by atoms with E-state index in [1.54, 1.807) is 17.3 Å². The van der Waals surface area contributed by atoms with Crippen LogP contribution in [0.1, 0.15) is 10.4 Å². The molecule has 0 radical (unpaired) electrons. The molecule has 1 aromatic carbocycles. The lowest BCUT2D eigenvalue weighted by Crippen LogP contribution is -2.49. The van der Waals surface area contributed by atoms with E-state index in [9.17, 15) is 14.9 Å². The maximum absolute atomic E-state index is 12.7. The highest BCUT2D eigenvalue weighted by molar-refractivity contribution is 6.32. The van der Waals surface area contributed by atoms with Gasteiger partial charge in [-0.1, -0.05) is 11.6 Å². The van der Waals surface area contributed by atoms with E-state index in [-0.39, 0.29) is 22.2 Å². The summed E-state index contributed by atoms with van der Waals surface area (Å²) in [5, 5.41) is 19.6. The maximum Gasteiger partial charge on any atom is 0.288 e. The second-order valence-corrected chi connectivity index (χ2v) is 7.13. The Morgan fingerprint density at radius 2 is 1.87 bits per heavy atom. The molecule has 3 heterocycles. The molecule has 0 aliphatic carbocycles. The van der Waals surface area contributed by atoms with Crippen molar-refractivity contribution in [1.29, 1.82) is 0 Å². The Morgan fingerprint density at radius 3 is 2.50 bits per heavy atom. The van der Waals surface area contributed by atoms with Gasteiger partial charge < -0.3 is 9.80 Å². The van der Waals surface area contributed by atoms with Gasteiger partial charge in [0.1, 0.15) is 5.02 Å². The van der Waals surface area contributed by atoms with Crippen LogP contribution in [0.3, 0.4) is 0 Å². The third-order valence-corrected chi connectivity index (χ3v) is 5.21. The number of anilines is 1. The number of aromatic nitrogens is 3. The van der Waals surface area contributed by atoms with E-state index in [4.69, 9.17) is 11.6 Å². The fourth-order valence-electron chi connectivity index (χ4n) is 3.27. The van der Waals surface area contributed by atoms with E-state index in [2.05, 4.69) is 15.2 Å². The van der Waals surface area contributed by atoms with Gasteiger partial charge in [-0.15, -0.1) is 10.2 Å². The maximum atomic E-state index is 12.7. The summed E-state index contributed by atoms with van der Waals surface area (Å²) in [5.74, 6) is 0.476. The van der Waals surface area contributed by atoms with E-state index in [1.807, 2.05) is 29.2 Å². The number of nitro benzene ring substituents is 1. The number of carbonyl (C=O) groups excluding carboxylic acids is 1. The number of rotatable bonds is 4. The Morgan fingerprint density at radius 1 is 1.07 bits per heavy atom. The fraction of sp³-hybridized carbons (Fsp3) is 0.200. The van der Waals surface area contributed by atoms with Crippen LogP contribution in [0.5, 0.6) is 0 Å². The topological polar surface area (TPSA) is 105 Å². The van der Waals surface area contributed by atoms with Crippen molar-refractivity contribution < 1.29 is 9.72 Å². The van der Waals surface area contributed by atoms with E-state index in [0.717, 1.165) is 17.1 Å². The molecule has 0 atom stereocenters. The Bertz CT molecular complexity index is 1070. The van der Waals surface area contributed by atoms with Crippen molar-refractivity contribution in [2.45, 2.75) is 0 Å². The summed E-state index contributed by atoms with van der Waals surface area (Å²) in [6, 6.07) is 11.7. The molecule has 2 aromatic heterocycles. The van der Waals surface area contributed by atoms with Gasteiger partial charge in [0.2, 0.25) is 0 Å². The number of hydrogen-bond donors (Lipinski definition) is 0. The Kier molecular flexibility index (Phi) is 5.53. The summed E-state index contributed by atoms with van der Waals surface area (Å²) in [6.07, 6.45) is 3.43. The van der Waals surface area contributed by atoms with E-state index >= 15 is 0 Å². The molecule has 152 valence electrons. The number of carbonyl (C=O) groups is 1. The molecule has 10 heteroatoms. The number of nitrogens with zero attached hydrogens (tertiary/aromatic N) is 6. The first-order chi connectivity index (χ1) is 14.5. The normalized spacial score (nSPS) is 13.9. The highest BCUT2D eigenvalue weighted by Crippen LogP contribution is 2.26. The zero-order valence-corrected chi connectivity index (χ0v) is 16.6. The van der Waals surface area contributed by atoms with Gasteiger partial charge in [-0.25, -0.2) is 0 Å². The molecule has 1 fully saturated rings. The van der Waals surface area contributed by atoms with E-state index in [0.29, 0.717) is 26.2 Å². The summed E-state index contributed by atoms with van der Waals surface area (Å²) < 4.78 is 0. The molecule has 4 rings (SSSR count). The molecule has 1 aliphatic rings. The molecule has 0 bridgehead atoms. The number of nitro groups is 1. The number of benzene rings is 1. The van der Waals surface area contributed by atoms with Gasteiger partial charge in [-0.05, 0) is 36.4 Å². The predicted molar refractivity (Wildman–Crippen MR) is 111 cm³/mol. The highest BCUT2D eigenvalue weighted by atomic mass is 35.5. The number of pyridine rings is 1. The van der Waals surface area contributed by atoms with E-state index in [1.165, 1.54) is 18.2 Å². The second kappa shape index (κ2) is 8.42. The quantitative estimate of drug-likeness (QED) is 0.468. The zero-order valence-electron chi connectivity index (χ0n) is 15.8. The molecule has 1 saturated heterocycles. The van der Waals surface area contributed by atoms with Crippen LogP contribution >= 0.6 is 11.6 Å². The molecule has 1 aliphatic heterocycles. The number of halogens is 1. The fourth-order valence-corrected chi connectivity index (χ4v) is 3.46. The molecular formula is C20H17ClN6O3. The minimum Gasteiger partial charge on any atom is -0.352 e. The predicted octanol–water partition coefficient (Wildman–Crippen LogP) is 3.06. The molecule has 0 saturated carbocycles. The van der Waals surface area contributed by atoms with Gasteiger partial charge in [0.25, 0.3) is 11.6 Å². The van der Waals surface area contributed by atoms with Crippen molar-refractivity contribution >= 4 is 29.0 Å². The molecular weight excluding hydrogens is 408 g/mol. The minimum absolute atomic E-state index is 0.00896. The summed E-state index contributed by atoms with van der Waals surface area (Å²) in [6.45, 7) is 2.12. The Hall–Kier alpha value is -3.59. The van der Waals surface area contributed by atoms with Gasteiger partial charge in [-0.2, -0.15) is 0 Å². The molecule has 0 N–H and O–H groups in total. The van der Waals surface area contributed by atoms with Crippen LogP contribution in [-0.2, 0) is 0 Å². The largest absolute Gasteiger partial charge is 0.352 e. The summed E-state index contributed by atoms with van der Waals surface area (Å²) >= 11 is 5.83. The average Bonchev–Trinajstić information content (AvgIpc) is 2.79. The van der Waals surface area contributed by atoms with Crippen LogP contribution in [0.2, 0.25) is 5.02 Å². The van der Waals surface area contributed by atoms with Crippen molar-refractivity contribution in [3.05, 3.63) is 75.6 Å². The first-order valence-electron chi connectivity index (χ1n) is 9.25. The van der Waals surface area contributed by atoms with Gasteiger partial charge in [0.15, 0.2) is 5.82 Å². The molecule has 3 aromatic rings. The smallest absolute Gasteiger partial charge is 0.288 e. The van der Waals surface area contributed by atoms with Crippen molar-refractivity contribution in [2.75, 3.05) is 31.1 Å².